The molecule has 0 aliphatic heterocycles. The molecule has 0 rings (SSSR count). The minimum atomic E-state index is -3.20. The Bertz CT molecular complexity index is 308. The zero-order valence-corrected chi connectivity index (χ0v) is 11.2. The van der Waals surface area contributed by atoms with Gasteiger partial charge in [-0.05, 0) is 0 Å². The normalized spacial score (nSPS) is 17.3. The quantitative estimate of drug-likeness (QED) is 0.434. The third kappa shape index (κ3) is 3.74. The van der Waals surface area contributed by atoms with Crippen LogP contribution in [0.2, 0.25) is 0 Å². The Morgan fingerprint density at radius 2 is 2.06 bits per heavy atom. The smallest absolute Gasteiger partial charge is 0.335 e. The molecule has 2 atom stereocenters. The summed E-state index contributed by atoms with van der Waals surface area (Å²) in [4.78, 5) is 11.1. The van der Waals surface area contributed by atoms with Gasteiger partial charge in [0.25, 0.3) is 0 Å². The second-order valence-corrected chi connectivity index (χ2v) is 7.30. The molecule has 0 spiro atoms. The van der Waals surface area contributed by atoms with Crippen LogP contribution in [-0.2, 0) is 13.9 Å². The third-order valence-corrected chi connectivity index (χ3v) is 5.50. The molecule has 0 radical (unpaired) electrons. The van der Waals surface area contributed by atoms with Crippen LogP contribution in [0.1, 0.15) is 6.92 Å². The number of likely N-dealkylation sites (N-methyl/N-ethyl adjacent to an activating group) is 1. The fraction of sp³-hybridized carbons (Fsp3) is 0.700. The fourth-order valence-electron chi connectivity index (χ4n) is 1.42. The lowest BCUT2D eigenvalue weighted by atomic mass is 10.5. The van der Waals surface area contributed by atoms with Crippen LogP contribution >= 0.6 is 7.37 Å². The highest BCUT2D eigenvalue weighted by molar-refractivity contribution is 7.60. The summed E-state index contributed by atoms with van der Waals surface area (Å²) in [6, 6.07) is 0. The summed E-state index contributed by atoms with van der Waals surface area (Å²) >= 11 is 0. The third-order valence-electron chi connectivity index (χ3n) is 2.36. The molecule has 0 aromatic heterocycles. The van der Waals surface area contributed by atoms with Crippen molar-refractivity contribution >= 4 is 13.3 Å². The summed E-state index contributed by atoms with van der Waals surface area (Å²) in [5.74, 6) is -1.32. The van der Waals surface area contributed by atoms with Crippen LogP contribution in [0.15, 0.2) is 12.7 Å². The summed E-state index contributed by atoms with van der Waals surface area (Å²) in [5, 5.41) is 9.31. The van der Waals surface area contributed by atoms with Gasteiger partial charge in [0.15, 0.2) is 5.78 Å². The maximum atomic E-state index is 12.5. The van der Waals surface area contributed by atoms with Crippen LogP contribution in [-0.4, -0.2) is 55.3 Å². The van der Waals surface area contributed by atoms with Gasteiger partial charge in [-0.3, -0.25) is 4.57 Å². The average molecular weight is 250 g/mol. The largest absolute Gasteiger partial charge is 0.404 e. The van der Waals surface area contributed by atoms with E-state index < -0.39 is 19.1 Å². The summed E-state index contributed by atoms with van der Waals surface area (Å²) in [6.45, 7) is 4.65. The average Bonchev–Trinajstić information content (AvgIpc) is 2.16. The van der Waals surface area contributed by atoms with E-state index in [1.165, 1.54) is 0 Å². The lowest BCUT2D eigenvalue weighted by Crippen LogP contribution is -2.47. The van der Waals surface area contributed by atoms with E-state index >= 15 is 0 Å². The minimum Gasteiger partial charge on any atom is -0.404 e. The molecule has 5 nitrogen and oxygen atoms in total. The van der Waals surface area contributed by atoms with Gasteiger partial charge in [0.05, 0.1) is 21.1 Å². The van der Waals surface area contributed by atoms with Crippen LogP contribution in [0.3, 0.4) is 0 Å². The topological polar surface area (TPSA) is 63.6 Å². The number of quaternary nitrogens is 1. The SMILES string of the molecule is C=CC(=O)OP(=O)(CC)C(CO)[N+](C)(C)C. The van der Waals surface area contributed by atoms with Crippen LogP contribution in [0, 0.1) is 0 Å². The van der Waals surface area contributed by atoms with Crippen molar-refractivity contribution in [3.63, 3.8) is 0 Å². The maximum absolute atomic E-state index is 12.5. The molecule has 0 saturated carbocycles. The van der Waals surface area contributed by atoms with E-state index in [1.54, 1.807) is 28.1 Å². The van der Waals surface area contributed by atoms with E-state index in [9.17, 15) is 14.5 Å². The molecule has 6 heteroatoms. The van der Waals surface area contributed by atoms with E-state index in [0.29, 0.717) is 0 Å². The summed E-state index contributed by atoms with van der Waals surface area (Å²) in [6.07, 6.45) is 1.18. The second kappa shape index (κ2) is 5.62. The van der Waals surface area contributed by atoms with Crippen LogP contribution < -0.4 is 0 Å². The first kappa shape index (κ1) is 15.4. The Kier molecular flexibility index (Phi) is 5.39. The molecule has 0 aliphatic rings. The number of nitrogens with zero attached hydrogens (tertiary/aromatic N) is 1. The van der Waals surface area contributed by atoms with Gasteiger partial charge >= 0.3 is 13.3 Å². The van der Waals surface area contributed by atoms with Crippen molar-refractivity contribution in [2.24, 2.45) is 0 Å². The number of aliphatic hydroxyl groups is 1. The van der Waals surface area contributed by atoms with Gasteiger partial charge in [0.1, 0.15) is 6.61 Å². The van der Waals surface area contributed by atoms with Gasteiger partial charge in [-0.25, -0.2) is 4.79 Å². The first-order chi connectivity index (χ1) is 7.21. The lowest BCUT2D eigenvalue weighted by Gasteiger charge is -2.36. The Hall–Kier alpha value is -0.640. The van der Waals surface area contributed by atoms with Gasteiger partial charge < -0.3 is 14.1 Å². The Balaban J connectivity index is 5.13. The van der Waals surface area contributed by atoms with E-state index in [4.69, 9.17) is 4.52 Å². The first-order valence-corrected chi connectivity index (χ1v) is 6.96. The number of rotatable bonds is 6. The highest BCUT2D eigenvalue weighted by Gasteiger charge is 2.43. The monoisotopic (exact) mass is 250 g/mol. The van der Waals surface area contributed by atoms with Crippen LogP contribution in [0.5, 0.6) is 0 Å². The Morgan fingerprint density at radius 1 is 1.56 bits per heavy atom. The first-order valence-electron chi connectivity index (χ1n) is 5.08. The predicted molar refractivity (Wildman–Crippen MR) is 63.3 cm³/mol. The van der Waals surface area contributed by atoms with Crippen molar-refractivity contribution in [3.05, 3.63) is 12.7 Å². The maximum Gasteiger partial charge on any atom is 0.335 e. The zero-order valence-electron chi connectivity index (χ0n) is 10.3. The predicted octanol–water partition coefficient (Wildman–Crippen LogP) is 1.04. The van der Waals surface area contributed by atoms with Crippen molar-refractivity contribution in [2.75, 3.05) is 33.9 Å². The summed E-state index contributed by atoms with van der Waals surface area (Å²) in [5.41, 5.74) is 0. The molecule has 0 fully saturated rings. The highest BCUT2D eigenvalue weighted by Crippen LogP contribution is 2.53. The minimum absolute atomic E-state index is 0.202. The molecular weight excluding hydrogens is 229 g/mol. The molecule has 94 valence electrons. The highest BCUT2D eigenvalue weighted by atomic mass is 31.2. The molecule has 0 aromatic rings. The number of hydrogen-bond acceptors (Lipinski definition) is 4. The molecular formula is C10H21NO4P+. The van der Waals surface area contributed by atoms with E-state index in [1.807, 2.05) is 0 Å². The number of hydrogen-bond donors (Lipinski definition) is 1. The van der Waals surface area contributed by atoms with E-state index in [0.717, 1.165) is 6.08 Å². The molecule has 0 amide bonds. The standard InChI is InChI=1S/C10H21NO4P/c1-6-10(13)15-16(14,7-2)9(8-12)11(3,4)5/h6,9,12H,1,7-8H2,2-5H3/q+1. The van der Waals surface area contributed by atoms with Gasteiger partial charge in [0, 0.05) is 12.2 Å². The molecule has 0 bridgehead atoms. The second-order valence-electron chi connectivity index (χ2n) is 4.44. The molecule has 0 aromatic carbocycles. The zero-order chi connectivity index (χ0) is 13.0. The van der Waals surface area contributed by atoms with E-state index in [-0.39, 0.29) is 17.3 Å². The number of aliphatic hydroxyl groups excluding tert-OH is 1. The number of carbonyl (C=O) groups excluding carboxylic acids is 1. The van der Waals surface area contributed by atoms with Crippen molar-refractivity contribution < 1.29 is 23.5 Å². The van der Waals surface area contributed by atoms with Gasteiger partial charge in [-0.15, -0.1) is 0 Å². The molecule has 16 heavy (non-hydrogen) atoms. The lowest BCUT2D eigenvalue weighted by molar-refractivity contribution is -0.883. The van der Waals surface area contributed by atoms with Gasteiger partial charge in [0.2, 0.25) is 0 Å². The van der Waals surface area contributed by atoms with E-state index in [2.05, 4.69) is 6.58 Å². The summed E-state index contributed by atoms with van der Waals surface area (Å²) < 4.78 is 17.7. The number of carbonyl (C=O) groups is 1. The Morgan fingerprint density at radius 3 is 2.31 bits per heavy atom. The fourth-order valence-corrected chi connectivity index (χ4v) is 3.78. The molecule has 1 N–H and O–H groups in total. The molecule has 0 aliphatic carbocycles. The van der Waals surface area contributed by atoms with Crippen molar-refractivity contribution in [3.8, 4) is 0 Å². The van der Waals surface area contributed by atoms with Gasteiger partial charge in [-0.1, -0.05) is 13.5 Å². The van der Waals surface area contributed by atoms with Crippen molar-refractivity contribution in [1.29, 1.82) is 0 Å². The van der Waals surface area contributed by atoms with Crippen LogP contribution in [0.25, 0.3) is 0 Å². The van der Waals surface area contributed by atoms with Crippen LogP contribution in [0.4, 0.5) is 0 Å². The molecule has 2 unspecified atom stereocenters. The van der Waals surface area contributed by atoms with Gasteiger partial charge in [-0.2, -0.15) is 0 Å². The Labute approximate surface area is 96.7 Å². The summed E-state index contributed by atoms with van der Waals surface area (Å²) in [7, 11) is 2.19. The van der Waals surface area contributed by atoms with Crippen molar-refractivity contribution in [2.45, 2.75) is 12.7 Å². The molecule has 0 saturated heterocycles. The van der Waals surface area contributed by atoms with Crippen molar-refractivity contribution in [1.82, 2.24) is 0 Å². The molecule has 0 heterocycles.